The van der Waals surface area contributed by atoms with Crippen molar-refractivity contribution < 1.29 is 19.2 Å². The Kier molecular flexibility index (Phi) is 9.42. The summed E-state index contributed by atoms with van der Waals surface area (Å²) in [4.78, 5) is 50.9. The number of fused-ring (bicyclic) bond motifs is 3. The van der Waals surface area contributed by atoms with Crippen LogP contribution in [0.25, 0.3) is 21.8 Å². The number of aromatic amines is 1. The van der Waals surface area contributed by atoms with Gasteiger partial charge in [-0.05, 0) is 75.3 Å². The Morgan fingerprint density at radius 2 is 1.73 bits per heavy atom. The molecular weight excluding hydrogens is 740 g/mol. The zero-order valence-electron chi connectivity index (χ0n) is 27.3. The Morgan fingerprint density at radius 3 is 2.44 bits per heavy atom. The summed E-state index contributed by atoms with van der Waals surface area (Å²) in [5, 5.41) is 13.3. The normalized spacial score (nSPS) is 26.7. The van der Waals surface area contributed by atoms with Crippen LogP contribution >= 0.6 is 31.9 Å². The Hall–Kier alpha value is -2.87. The Bertz CT molecular complexity index is 1900. The van der Waals surface area contributed by atoms with E-state index >= 15 is 0 Å². The fourth-order valence-corrected chi connectivity index (χ4v) is 9.63. The number of carboxylic acid groups (broad SMARTS) is 1. The average molecular weight is 784 g/mol. The predicted octanol–water partition coefficient (Wildman–Crippen LogP) is 6.03. The number of aldehydes is 1. The van der Waals surface area contributed by atoms with Crippen LogP contribution in [0, 0.1) is 0 Å². The van der Waals surface area contributed by atoms with Gasteiger partial charge in [0.05, 0.1) is 30.0 Å². The van der Waals surface area contributed by atoms with Gasteiger partial charge in [-0.25, -0.2) is 9.28 Å². The molecule has 4 aromatic rings. The molecule has 0 bridgehead atoms. The van der Waals surface area contributed by atoms with Gasteiger partial charge in [-0.1, -0.05) is 36.4 Å². The lowest BCUT2D eigenvalue weighted by Gasteiger charge is -2.59. The number of carbonyl (C=O) groups excluding carboxylic acids is 1. The fourth-order valence-electron chi connectivity index (χ4n) is 8.96. The van der Waals surface area contributed by atoms with Gasteiger partial charge in [-0.2, -0.15) is 4.79 Å². The second-order valence-corrected chi connectivity index (χ2v) is 15.6. The minimum atomic E-state index is -1.05. The average Bonchev–Trinajstić information content (AvgIpc) is 3.44. The lowest BCUT2D eigenvalue weighted by Crippen LogP contribution is -2.77. The number of benzene rings is 3. The van der Waals surface area contributed by atoms with Crippen LogP contribution in [0.2, 0.25) is 0 Å². The van der Waals surface area contributed by atoms with Crippen LogP contribution in [0.1, 0.15) is 43.7 Å². The molecule has 7 rings (SSSR count). The minimum absolute atomic E-state index is 0.0622. The monoisotopic (exact) mass is 781 g/mol. The number of likely N-dealkylation sites (tertiary alicyclic amines) is 2. The SMILES string of the molecule is CN1CCN(C2CCN(C3(CC=O)CC(n4c(=O)[nH]c5c6ccccc6ccc54)CC[N@+]3(Cc3ccc(Br)c(Br)c3)C(=O)O)CC2)CC1. The number of aromatic nitrogens is 2. The van der Waals surface area contributed by atoms with E-state index in [1.165, 1.54) is 0 Å². The van der Waals surface area contributed by atoms with Crippen molar-refractivity contribution in [1.82, 2.24) is 24.3 Å². The van der Waals surface area contributed by atoms with Gasteiger partial charge in [0, 0.05) is 78.0 Å². The summed E-state index contributed by atoms with van der Waals surface area (Å²) in [7, 11) is 2.16. The zero-order valence-corrected chi connectivity index (χ0v) is 30.5. The summed E-state index contributed by atoms with van der Waals surface area (Å²) in [6.07, 6.45) is 2.72. The number of likely N-dealkylation sites (N-methyl/N-ethyl adjacent to an activating group) is 1. The number of nitrogens with one attached hydrogen (secondary N) is 1. The summed E-state index contributed by atoms with van der Waals surface area (Å²) in [5.41, 5.74) is 1.22. The molecule has 3 saturated heterocycles. The first kappa shape index (κ1) is 33.6. The number of imidazole rings is 1. The smallest absolute Gasteiger partial charge is 0.435 e. The number of H-pyrrole nitrogens is 1. The van der Waals surface area contributed by atoms with E-state index in [1.807, 2.05) is 59.2 Å². The number of halogens is 2. The molecule has 2 unspecified atom stereocenters. The summed E-state index contributed by atoms with van der Waals surface area (Å²) >= 11 is 7.17. The van der Waals surface area contributed by atoms with Crippen LogP contribution < -0.4 is 5.69 Å². The number of hydrogen-bond acceptors (Lipinski definition) is 6. The van der Waals surface area contributed by atoms with E-state index < -0.39 is 11.8 Å². The van der Waals surface area contributed by atoms with Crippen molar-refractivity contribution in [2.24, 2.45) is 0 Å². The Labute approximate surface area is 297 Å². The molecule has 254 valence electrons. The van der Waals surface area contributed by atoms with Crippen molar-refractivity contribution in [3.63, 3.8) is 0 Å². The van der Waals surface area contributed by atoms with Crippen molar-refractivity contribution in [3.8, 4) is 0 Å². The molecule has 1 aromatic heterocycles. The van der Waals surface area contributed by atoms with Crippen LogP contribution in [-0.4, -0.2) is 111 Å². The quantitative estimate of drug-likeness (QED) is 0.174. The first-order valence-corrected chi connectivity index (χ1v) is 18.5. The highest BCUT2D eigenvalue weighted by atomic mass is 79.9. The number of amides is 1. The van der Waals surface area contributed by atoms with E-state index in [0.717, 1.165) is 81.6 Å². The van der Waals surface area contributed by atoms with E-state index in [1.54, 1.807) is 0 Å². The van der Waals surface area contributed by atoms with Gasteiger partial charge in [-0.3, -0.25) is 14.4 Å². The van der Waals surface area contributed by atoms with Crippen LogP contribution in [0.4, 0.5) is 4.79 Å². The zero-order chi connectivity index (χ0) is 33.6. The third kappa shape index (κ3) is 5.78. The molecular formula is C36H43Br2N6O4+. The predicted molar refractivity (Wildman–Crippen MR) is 194 cm³/mol. The topological polar surface area (TPSA) is 102 Å². The first-order valence-electron chi connectivity index (χ1n) is 16.9. The van der Waals surface area contributed by atoms with Gasteiger partial charge in [0.15, 0.2) is 5.66 Å². The van der Waals surface area contributed by atoms with Gasteiger partial charge in [0.25, 0.3) is 0 Å². The molecule has 3 aliphatic rings. The highest BCUT2D eigenvalue weighted by Crippen LogP contribution is 2.48. The third-order valence-electron chi connectivity index (χ3n) is 11.5. The molecule has 4 heterocycles. The molecule has 48 heavy (non-hydrogen) atoms. The van der Waals surface area contributed by atoms with E-state index in [-0.39, 0.29) is 35.7 Å². The number of nitrogens with zero attached hydrogens (tertiary/aromatic N) is 5. The molecule has 3 fully saturated rings. The number of hydrogen-bond donors (Lipinski definition) is 2. The lowest BCUT2D eigenvalue weighted by molar-refractivity contribution is -0.942. The molecule has 12 heteroatoms. The van der Waals surface area contributed by atoms with Gasteiger partial charge in [-0.15, -0.1) is 0 Å². The van der Waals surface area contributed by atoms with Crippen molar-refractivity contribution >= 4 is 66.0 Å². The summed E-state index contributed by atoms with van der Waals surface area (Å²) in [6, 6.07) is 18.0. The van der Waals surface area contributed by atoms with E-state index in [4.69, 9.17) is 0 Å². The number of piperazine rings is 1. The van der Waals surface area contributed by atoms with Gasteiger partial charge in [0.2, 0.25) is 0 Å². The molecule has 0 saturated carbocycles. The van der Waals surface area contributed by atoms with Crippen LogP contribution in [0.5, 0.6) is 0 Å². The van der Waals surface area contributed by atoms with Crippen LogP contribution in [0.3, 0.4) is 0 Å². The van der Waals surface area contributed by atoms with Crippen LogP contribution in [0.15, 0.2) is 68.3 Å². The molecule has 3 aromatic carbocycles. The minimum Gasteiger partial charge on any atom is -0.435 e. The van der Waals surface area contributed by atoms with E-state index in [0.29, 0.717) is 32.0 Å². The summed E-state index contributed by atoms with van der Waals surface area (Å²) in [6.45, 7) is 6.08. The first-order chi connectivity index (χ1) is 23.2. The van der Waals surface area contributed by atoms with Crippen molar-refractivity contribution in [1.29, 1.82) is 0 Å². The molecule has 0 radical (unpaired) electrons. The van der Waals surface area contributed by atoms with Crippen molar-refractivity contribution in [3.05, 3.63) is 79.6 Å². The number of piperidine rings is 2. The van der Waals surface area contributed by atoms with Crippen LogP contribution in [-0.2, 0) is 11.3 Å². The molecule has 3 atom stereocenters. The molecule has 1 amide bonds. The molecule has 10 nitrogen and oxygen atoms in total. The van der Waals surface area contributed by atoms with Gasteiger partial charge >= 0.3 is 11.8 Å². The molecule has 0 aliphatic carbocycles. The lowest BCUT2D eigenvalue weighted by atomic mass is 9.82. The number of carbonyl (C=O) groups is 2. The van der Waals surface area contributed by atoms with Crippen molar-refractivity contribution in [2.45, 2.75) is 56.4 Å². The maximum Gasteiger partial charge on any atom is 0.515 e. The van der Waals surface area contributed by atoms with E-state index in [2.05, 4.69) is 58.6 Å². The Morgan fingerprint density at radius 1 is 0.979 bits per heavy atom. The van der Waals surface area contributed by atoms with Gasteiger partial charge < -0.3 is 19.8 Å². The second kappa shape index (κ2) is 13.4. The Balaban J connectivity index is 1.31. The maximum absolute atomic E-state index is 13.8. The molecule has 3 aliphatic heterocycles. The highest BCUT2D eigenvalue weighted by molar-refractivity contribution is 9.13. The summed E-state index contributed by atoms with van der Waals surface area (Å²) < 4.78 is 3.30. The number of rotatable bonds is 7. The third-order valence-corrected chi connectivity index (χ3v) is 13.4. The molecule has 0 spiro atoms. The van der Waals surface area contributed by atoms with E-state index in [9.17, 15) is 19.5 Å². The second-order valence-electron chi connectivity index (χ2n) is 13.9. The van der Waals surface area contributed by atoms with Crippen molar-refractivity contribution in [2.75, 3.05) is 52.9 Å². The highest BCUT2D eigenvalue weighted by Gasteiger charge is 2.63. The largest absolute Gasteiger partial charge is 0.515 e. The number of quaternary nitrogens is 1. The summed E-state index contributed by atoms with van der Waals surface area (Å²) in [5.74, 6) is 0. The maximum atomic E-state index is 13.8. The standard InChI is InChI=1S/C36H42Br2N6O4/c1-40-16-18-41(19-17-40)27-10-14-42(15-11-27)36(13-21-45)23-28(12-20-44(36,35(47)48)24-25-6-8-30(37)31(38)22-25)43-32-9-7-26-4-2-3-5-29(26)33(32)39-34(43)46/h2-9,21-22,27-28H,10-20,23-24H2,1H3,(H-,39,46,47,48)/p+1/t28?,36?,44-/m0/s1. The van der Waals surface area contributed by atoms with Gasteiger partial charge in [0.1, 0.15) is 12.8 Å². The molecule has 2 N–H and O–H groups in total. The fraction of sp³-hybridized carbons (Fsp3) is 0.472.